The van der Waals surface area contributed by atoms with Crippen LogP contribution in [0.2, 0.25) is 5.02 Å². The molecule has 2 heterocycles. The second-order valence-electron chi connectivity index (χ2n) is 7.28. The van der Waals surface area contributed by atoms with Gasteiger partial charge in [-0.05, 0) is 43.7 Å². The molecule has 31 heavy (non-hydrogen) atoms. The molecule has 5 nitrogen and oxygen atoms in total. The number of hydrogen-bond donors (Lipinski definition) is 0. The molecule has 2 aromatic rings. The maximum absolute atomic E-state index is 13.2. The molecule has 12 heteroatoms. The fourth-order valence-corrected chi connectivity index (χ4v) is 3.29. The molecule has 0 spiro atoms. The first-order valence-electron chi connectivity index (χ1n) is 8.69. The van der Waals surface area contributed by atoms with E-state index in [2.05, 4.69) is 4.98 Å². The van der Waals surface area contributed by atoms with E-state index in [0.29, 0.717) is 11.0 Å². The van der Waals surface area contributed by atoms with Crippen LogP contribution >= 0.6 is 11.6 Å². The molecule has 1 aromatic carbocycles. The topological polar surface area (TPSA) is 53.5 Å². The van der Waals surface area contributed by atoms with Crippen molar-refractivity contribution in [3.05, 3.63) is 58.4 Å². The molecule has 0 radical (unpaired) electrons. The number of aromatic nitrogens is 1. The van der Waals surface area contributed by atoms with Gasteiger partial charge in [0.1, 0.15) is 11.2 Å². The van der Waals surface area contributed by atoms with E-state index >= 15 is 0 Å². The molecule has 0 unspecified atom stereocenters. The summed E-state index contributed by atoms with van der Waals surface area (Å²) in [5.74, 6) is -0.798. The maximum atomic E-state index is 13.2. The van der Waals surface area contributed by atoms with Gasteiger partial charge in [-0.1, -0.05) is 17.7 Å². The van der Waals surface area contributed by atoms with Gasteiger partial charge >= 0.3 is 18.4 Å². The lowest BCUT2D eigenvalue weighted by Gasteiger charge is -2.27. The van der Waals surface area contributed by atoms with Crippen LogP contribution < -0.4 is 4.90 Å². The van der Waals surface area contributed by atoms with Crippen LogP contribution in [-0.4, -0.2) is 27.4 Å². The van der Waals surface area contributed by atoms with Crippen LogP contribution in [0.1, 0.15) is 30.7 Å². The number of imide groups is 1. The van der Waals surface area contributed by atoms with E-state index in [1.807, 2.05) is 0 Å². The predicted octanol–water partition coefficient (Wildman–Crippen LogP) is 5.52. The number of urea groups is 1. The number of amides is 3. The van der Waals surface area contributed by atoms with Crippen molar-refractivity contribution in [3.63, 3.8) is 0 Å². The fraction of sp³-hybridized carbons (Fsp3) is 0.316. The molecule has 0 N–H and O–H groups in total. The molecule has 3 rings (SSSR count). The SMILES string of the molecule is CC1(C)C(=O)N(c2ccc(Cl)c(C(F)(F)F)c2)C(=O)N1Cc1ccc(C(F)(F)F)nc1. The van der Waals surface area contributed by atoms with Gasteiger partial charge in [0, 0.05) is 6.20 Å². The molecule has 0 atom stereocenters. The average Bonchev–Trinajstić information content (AvgIpc) is 2.81. The zero-order chi connectivity index (χ0) is 23.4. The predicted molar refractivity (Wildman–Crippen MR) is 98.2 cm³/mol. The highest BCUT2D eigenvalue weighted by Crippen LogP contribution is 2.39. The highest BCUT2D eigenvalue weighted by atomic mass is 35.5. The highest BCUT2D eigenvalue weighted by molar-refractivity contribution is 6.31. The van der Waals surface area contributed by atoms with Gasteiger partial charge in [0.05, 0.1) is 22.8 Å². The number of anilines is 1. The Labute approximate surface area is 177 Å². The number of carbonyl (C=O) groups excluding carboxylic acids is 2. The number of alkyl halides is 6. The van der Waals surface area contributed by atoms with Crippen molar-refractivity contribution in [3.8, 4) is 0 Å². The zero-order valence-electron chi connectivity index (χ0n) is 16.0. The van der Waals surface area contributed by atoms with E-state index < -0.39 is 46.1 Å². The van der Waals surface area contributed by atoms with Crippen molar-refractivity contribution < 1.29 is 35.9 Å². The van der Waals surface area contributed by atoms with Crippen LogP contribution in [0.5, 0.6) is 0 Å². The number of nitrogens with zero attached hydrogens (tertiary/aromatic N) is 3. The van der Waals surface area contributed by atoms with Crippen LogP contribution in [0.15, 0.2) is 36.5 Å². The minimum atomic E-state index is -4.81. The first kappa shape index (κ1) is 22.9. The van der Waals surface area contributed by atoms with E-state index in [0.717, 1.165) is 35.4 Å². The normalized spacial score (nSPS) is 16.9. The lowest BCUT2D eigenvalue weighted by molar-refractivity contribution is -0.141. The summed E-state index contributed by atoms with van der Waals surface area (Å²) < 4.78 is 77.5. The number of carbonyl (C=O) groups is 2. The van der Waals surface area contributed by atoms with E-state index in [9.17, 15) is 35.9 Å². The summed E-state index contributed by atoms with van der Waals surface area (Å²) in [6.07, 6.45) is -8.53. The van der Waals surface area contributed by atoms with Crippen LogP contribution in [-0.2, 0) is 23.7 Å². The van der Waals surface area contributed by atoms with E-state index in [1.54, 1.807) is 0 Å². The van der Waals surface area contributed by atoms with Gasteiger partial charge in [-0.15, -0.1) is 0 Å². The van der Waals surface area contributed by atoms with E-state index in [1.165, 1.54) is 13.8 Å². The summed E-state index contributed by atoms with van der Waals surface area (Å²) in [6.45, 7) is 2.48. The summed E-state index contributed by atoms with van der Waals surface area (Å²) >= 11 is 5.59. The van der Waals surface area contributed by atoms with Crippen molar-refractivity contribution in [2.24, 2.45) is 0 Å². The monoisotopic (exact) mass is 465 g/mol. The summed E-state index contributed by atoms with van der Waals surface area (Å²) in [6, 6.07) is 3.54. The molecule has 3 amide bonds. The molecule has 166 valence electrons. The quantitative estimate of drug-likeness (QED) is 0.443. The van der Waals surface area contributed by atoms with Crippen molar-refractivity contribution in [1.82, 2.24) is 9.88 Å². The molecule has 1 saturated heterocycles. The van der Waals surface area contributed by atoms with Gasteiger partial charge in [0.25, 0.3) is 5.91 Å². The highest BCUT2D eigenvalue weighted by Gasteiger charge is 2.52. The lowest BCUT2D eigenvalue weighted by Crippen LogP contribution is -2.43. The molecular formula is C19H14ClF6N3O2. The Morgan fingerprint density at radius 3 is 2.16 bits per heavy atom. The average molecular weight is 466 g/mol. The molecule has 0 aliphatic carbocycles. The Kier molecular flexibility index (Phi) is 5.45. The van der Waals surface area contributed by atoms with Crippen molar-refractivity contribution in [2.45, 2.75) is 38.3 Å². The number of pyridine rings is 1. The standard InChI is InChI=1S/C19H14ClF6N3O2/c1-17(2)15(30)29(11-4-5-13(20)12(7-11)18(21,22)23)16(31)28(17)9-10-3-6-14(27-8-10)19(24,25)26/h3-8H,9H2,1-2H3. The van der Waals surface area contributed by atoms with E-state index in [-0.39, 0.29) is 17.8 Å². The molecule has 0 bridgehead atoms. The van der Waals surface area contributed by atoms with E-state index in [4.69, 9.17) is 11.6 Å². The van der Waals surface area contributed by atoms with Gasteiger partial charge in [-0.3, -0.25) is 9.78 Å². The van der Waals surface area contributed by atoms with Crippen LogP contribution in [0, 0.1) is 0 Å². The first-order chi connectivity index (χ1) is 14.1. The Hall–Kier alpha value is -2.82. The van der Waals surface area contributed by atoms with Crippen LogP contribution in [0.4, 0.5) is 36.8 Å². The van der Waals surface area contributed by atoms with Gasteiger partial charge in [0.2, 0.25) is 0 Å². The summed E-state index contributed by atoms with van der Waals surface area (Å²) in [7, 11) is 0. The molecule has 0 saturated carbocycles. The Bertz CT molecular complexity index is 1030. The smallest absolute Gasteiger partial charge is 0.305 e. The third kappa shape index (κ3) is 4.18. The van der Waals surface area contributed by atoms with Gasteiger partial charge in [-0.2, -0.15) is 26.3 Å². The minimum absolute atomic E-state index is 0.205. The number of hydrogen-bond acceptors (Lipinski definition) is 3. The Morgan fingerprint density at radius 1 is 1.00 bits per heavy atom. The fourth-order valence-electron chi connectivity index (χ4n) is 3.07. The van der Waals surface area contributed by atoms with Crippen molar-refractivity contribution in [2.75, 3.05) is 4.90 Å². The molecule has 1 aromatic heterocycles. The third-order valence-corrected chi connectivity index (χ3v) is 5.12. The van der Waals surface area contributed by atoms with Crippen molar-refractivity contribution >= 4 is 29.2 Å². The summed E-state index contributed by atoms with van der Waals surface area (Å²) in [5, 5.41) is -0.595. The zero-order valence-corrected chi connectivity index (χ0v) is 16.7. The van der Waals surface area contributed by atoms with Gasteiger partial charge in [-0.25, -0.2) is 9.69 Å². The number of rotatable bonds is 3. The maximum Gasteiger partial charge on any atom is 0.433 e. The molecule has 1 aliphatic heterocycles. The number of benzene rings is 1. The van der Waals surface area contributed by atoms with Crippen LogP contribution in [0.25, 0.3) is 0 Å². The summed E-state index contributed by atoms with van der Waals surface area (Å²) in [5.41, 5.74) is -3.93. The lowest BCUT2D eigenvalue weighted by atomic mass is 10.0. The van der Waals surface area contributed by atoms with Gasteiger partial charge in [0.15, 0.2) is 0 Å². The minimum Gasteiger partial charge on any atom is -0.305 e. The second-order valence-corrected chi connectivity index (χ2v) is 7.69. The van der Waals surface area contributed by atoms with Crippen molar-refractivity contribution in [1.29, 1.82) is 0 Å². The first-order valence-corrected chi connectivity index (χ1v) is 9.07. The van der Waals surface area contributed by atoms with Gasteiger partial charge < -0.3 is 4.90 Å². The Morgan fingerprint density at radius 2 is 1.65 bits per heavy atom. The second kappa shape index (κ2) is 7.40. The Balaban J connectivity index is 1.94. The molecule has 1 aliphatic rings. The summed E-state index contributed by atoms with van der Waals surface area (Å²) in [4.78, 5) is 30.7. The van der Waals surface area contributed by atoms with Crippen LogP contribution in [0.3, 0.4) is 0 Å². The third-order valence-electron chi connectivity index (χ3n) is 4.79. The largest absolute Gasteiger partial charge is 0.433 e. The number of halogens is 7. The molecule has 1 fully saturated rings. The molecular weight excluding hydrogens is 452 g/mol.